The zero-order chi connectivity index (χ0) is 26.8. The number of nitrogens with zero attached hydrogens (tertiary/aromatic N) is 3. The van der Waals surface area contributed by atoms with E-state index >= 15 is 0 Å². The summed E-state index contributed by atoms with van der Waals surface area (Å²) in [5.41, 5.74) is 6.72. The fourth-order valence-corrected chi connectivity index (χ4v) is 6.42. The summed E-state index contributed by atoms with van der Waals surface area (Å²) in [5.74, 6) is 1.03. The van der Waals surface area contributed by atoms with Crippen LogP contribution >= 0.6 is 0 Å². The monoisotopic (exact) mass is 525 g/mol. The Labute approximate surface area is 230 Å². The molecular weight excluding hydrogens is 482 g/mol. The first-order valence-corrected chi connectivity index (χ1v) is 17.1. The molecule has 2 aromatic carbocycles. The maximum atomic E-state index is 6.78. The number of aryl methyl sites for hydroxylation is 2. The summed E-state index contributed by atoms with van der Waals surface area (Å²) in [6, 6.07) is 22.1. The fourth-order valence-electron chi connectivity index (χ4n) is 5.39. The van der Waals surface area contributed by atoms with Crippen LogP contribution in [0.5, 0.6) is 5.75 Å². The highest BCUT2D eigenvalue weighted by atomic mass is 28.4. The highest BCUT2D eigenvalue weighted by Crippen LogP contribution is 2.41. The topological polar surface area (TPSA) is 28.6 Å². The van der Waals surface area contributed by atoms with Gasteiger partial charge >= 0.3 is 0 Å². The molecule has 1 aliphatic carbocycles. The lowest BCUT2D eigenvalue weighted by Gasteiger charge is -2.40. The molecule has 1 atom stereocenters. The SMILES string of the molecule is CC(C)(C)[Si](C)(C)Oc1ccc2c(c1)C(N1CCN(CC=Cc3ccccc3)CC1)c1cccnc1CC2. The average molecular weight is 526 g/mol. The van der Waals surface area contributed by atoms with E-state index in [9.17, 15) is 0 Å². The number of piperazine rings is 1. The third kappa shape index (κ3) is 5.95. The second-order valence-corrected chi connectivity index (χ2v) is 17.0. The van der Waals surface area contributed by atoms with Gasteiger partial charge in [0.15, 0.2) is 0 Å². The van der Waals surface area contributed by atoms with Crippen molar-refractivity contribution >= 4 is 14.4 Å². The standard InChI is InChI=1S/C33H43N3OSi/c1-33(2,3)38(4,5)37-28-17-15-27-16-18-31-29(14-9-19-34-31)32(30(27)25-28)36-23-21-35(22-24-36)20-10-13-26-11-7-6-8-12-26/h6-15,17,19,25,32H,16,18,20-24H2,1-5H3. The summed E-state index contributed by atoms with van der Waals surface area (Å²) in [6.07, 6.45) is 8.51. The summed E-state index contributed by atoms with van der Waals surface area (Å²) in [7, 11) is -1.92. The molecule has 0 spiro atoms. The highest BCUT2D eigenvalue weighted by Gasteiger charge is 2.39. The van der Waals surface area contributed by atoms with Crippen molar-refractivity contribution in [3.8, 4) is 5.75 Å². The Morgan fingerprint density at radius 2 is 1.68 bits per heavy atom. The second kappa shape index (κ2) is 11.2. The van der Waals surface area contributed by atoms with Crippen LogP contribution in [0, 0.1) is 0 Å². The number of pyridine rings is 1. The van der Waals surface area contributed by atoms with E-state index in [0.29, 0.717) is 0 Å². The molecule has 2 heterocycles. The number of rotatable bonds is 6. The average Bonchev–Trinajstić information content (AvgIpc) is 3.05. The van der Waals surface area contributed by atoms with Gasteiger partial charge in [-0.05, 0) is 71.4 Å². The van der Waals surface area contributed by atoms with E-state index in [-0.39, 0.29) is 11.1 Å². The van der Waals surface area contributed by atoms with Crippen molar-refractivity contribution in [1.82, 2.24) is 14.8 Å². The maximum absolute atomic E-state index is 6.78. The van der Waals surface area contributed by atoms with Crippen LogP contribution in [0.3, 0.4) is 0 Å². The Morgan fingerprint density at radius 1 is 0.921 bits per heavy atom. The van der Waals surface area contributed by atoms with Gasteiger partial charge in [-0.2, -0.15) is 0 Å². The molecule has 0 saturated carbocycles. The first-order valence-electron chi connectivity index (χ1n) is 14.1. The molecule has 200 valence electrons. The summed E-state index contributed by atoms with van der Waals surface area (Å²) in [6.45, 7) is 16.8. The molecular formula is C33H43N3OSi. The van der Waals surface area contributed by atoms with Crippen molar-refractivity contribution < 1.29 is 4.43 Å². The van der Waals surface area contributed by atoms with Crippen molar-refractivity contribution in [2.45, 2.75) is 57.8 Å². The van der Waals surface area contributed by atoms with E-state index < -0.39 is 8.32 Å². The molecule has 1 saturated heterocycles. The molecule has 1 fully saturated rings. The molecule has 1 aromatic heterocycles. The Morgan fingerprint density at radius 3 is 2.42 bits per heavy atom. The summed E-state index contributed by atoms with van der Waals surface area (Å²) >= 11 is 0. The molecule has 0 N–H and O–H groups in total. The van der Waals surface area contributed by atoms with Gasteiger partial charge in [-0.15, -0.1) is 0 Å². The van der Waals surface area contributed by atoms with Gasteiger partial charge in [0.05, 0.1) is 6.04 Å². The number of benzene rings is 2. The van der Waals surface area contributed by atoms with Gasteiger partial charge in [-0.25, -0.2) is 0 Å². The molecule has 0 radical (unpaired) electrons. The van der Waals surface area contributed by atoms with Crippen LogP contribution in [0.2, 0.25) is 18.1 Å². The quantitative estimate of drug-likeness (QED) is 0.325. The number of fused-ring (bicyclic) bond motifs is 2. The molecule has 5 heteroatoms. The molecule has 1 unspecified atom stereocenters. The van der Waals surface area contributed by atoms with Crippen molar-refractivity contribution in [1.29, 1.82) is 0 Å². The van der Waals surface area contributed by atoms with Gasteiger partial charge in [0.25, 0.3) is 0 Å². The zero-order valence-corrected chi connectivity index (χ0v) is 24.8. The predicted molar refractivity (Wildman–Crippen MR) is 161 cm³/mol. The molecule has 3 aromatic rings. The van der Waals surface area contributed by atoms with Gasteiger partial charge in [0, 0.05) is 44.6 Å². The minimum atomic E-state index is -1.92. The molecule has 0 amide bonds. The third-order valence-electron chi connectivity index (χ3n) is 8.69. The van der Waals surface area contributed by atoms with E-state index in [4.69, 9.17) is 9.41 Å². The van der Waals surface area contributed by atoms with E-state index in [1.165, 1.54) is 27.9 Å². The van der Waals surface area contributed by atoms with Crippen LogP contribution in [-0.2, 0) is 12.8 Å². The second-order valence-electron chi connectivity index (χ2n) is 12.3. The molecule has 38 heavy (non-hydrogen) atoms. The largest absolute Gasteiger partial charge is 0.543 e. The van der Waals surface area contributed by atoms with Crippen LogP contribution in [0.25, 0.3) is 6.08 Å². The normalized spacial score (nSPS) is 19.1. The van der Waals surface area contributed by atoms with Crippen LogP contribution in [0.4, 0.5) is 0 Å². The van der Waals surface area contributed by atoms with Crippen molar-refractivity contribution in [2.75, 3.05) is 32.7 Å². The van der Waals surface area contributed by atoms with Gasteiger partial charge in [0.2, 0.25) is 8.32 Å². The van der Waals surface area contributed by atoms with Crippen molar-refractivity contribution in [3.05, 3.63) is 101 Å². The summed E-state index contributed by atoms with van der Waals surface area (Å²) in [5, 5.41) is 0.168. The minimum absolute atomic E-state index is 0.168. The van der Waals surface area contributed by atoms with Crippen LogP contribution in [0.15, 0.2) is 72.9 Å². The lowest BCUT2D eigenvalue weighted by atomic mass is 9.93. The molecule has 5 rings (SSSR count). The van der Waals surface area contributed by atoms with E-state index in [2.05, 4.69) is 116 Å². The van der Waals surface area contributed by atoms with Gasteiger partial charge < -0.3 is 4.43 Å². The Hall–Kier alpha value is -2.73. The Balaban J connectivity index is 1.37. The lowest BCUT2D eigenvalue weighted by Crippen LogP contribution is -2.48. The van der Waals surface area contributed by atoms with Gasteiger partial charge in [0.1, 0.15) is 5.75 Å². The third-order valence-corrected chi connectivity index (χ3v) is 13.0. The smallest absolute Gasteiger partial charge is 0.250 e. The van der Waals surface area contributed by atoms with Gasteiger partial charge in [-0.1, -0.05) is 75.4 Å². The number of hydrogen-bond donors (Lipinski definition) is 0. The highest BCUT2D eigenvalue weighted by molar-refractivity contribution is 6.74. The number of hydrogen-bond acceptors (Lipinski definition) is 4. The number of aromatic nitrogens is 1. The maximum Gasteiger partial charge on any atom is 0.250 e. The Bertz CT molecular complexity index is 1260. The van der Waals surface area contributed by atoms with E-state index in [1.54, 1.807) is 0 Å². The fraction of sp³-hybridized carbons (Fsp3) is 0.424. The Kier molecular flexibility index (Phi) is 7.89. The molecule has 1 aliphatic heterocycles. The first-order chi connectivity index (χ1) is 18.2. The predicted octanol–water partition coefficient (Wildman–Crippen LogP) is 6.98. The van der Waals surface area contributed by atoms with Crippen molar-refractivity contribution in [2.24, 2.45) is 0 Å². The molecule has 2 aliphatic rings. The summed E-state index contributed by atoms with van der Waals surface area (Å²) < 4.78 is 6.78. The van der Waals surface area contributed by atoms with Crippen LogP contribution in [-0.4, -0.2) is 55.8 Å². The minimum Gasteiger partial charge on any atom is -0.543 e. The first kappa shape index (κ1) is 26.9. The van der Waals surface area contributed by atoms with Crippen LogP contribution in [0.1, 0.15) is 54.8 Å². The van der Waals surface area contributed by atoms with E-state index in [0.717, 1.165) is 51.3 Å². The molecule has 4 nitrogen and oxygen atoms in total. The zero-order valence-electron chi connectivity index (χ0n) is 23.8. The lowest BCUT2D eigenvalue weighted by molar-refractivity contribution is 0.117. The van der Waals surface area contributed by atoms with E-state index in [1.807, 2.05) is 6.20 Å². The molecule has 0 bridgehead atoms. The summed E-state index contributed by atoms with van der Waals surface area (Å²) in [4.78, 5) is 10.1. The van der Waals surface area contributed by atoms with Crippen molar-refractivity contribution in [3.63, 3.8) is 0 Å². The van der Waals surface area contributed by atoms with Gasteiger partial charge in [-0.3, -0.25) is 14.8 Å². The van der Waals surface area contributed by atoms with Crippen LogP contribution < -0.4 is 4.43 Å².